The van der Waals surface area contributed by atoms with Crippen molar-refractivity contribution >= 4 is 38.7 Å². The lowest BCUT2D eigenvalue weighted by Crippen LogP contribution is -2.34. The van der Waals surface area contributed by atoms with Crippen LogP contribution in [0.25, 0.3) is 44.2 Å². The van der Waals surface area contributed by atoms with Crippen molar-refractivity contribution < 1.29 is 8.78 Å². The minimum Gasteiger partial charge on any atom is -0.382 e. The normalized spacial score (nSPS) is 15.6. The Hall–Kier alpha value is -4.63. The van der Waals surface area contributed by atoms with Crippen LogP contribution in [0.2, 0.25) is 0 Å². The molecule has 0 fully saturated rings. The predicted molar refractivity (Wildman–Crippen MR) is 178 cm³/mol. The maximum Gasteiger partial charge on any atom is 0.250 e. The van der Waals surface area contributed by atoms with Crippen molar-refractivity contribution in [2.24, 2.45) is 0 Å². The zero-order valence-electron chi connectivity index (χ0n) is 25.7. The number of anilines is 1. The average molecular weight is 606 g/mol. The summed E-state index contributed by atoms with van der Waals surface area (Å²) in [5.74, 6) is 2.39. The molecule has 6 aromatic rings. The Labute approximate surface area is 260 Å². The highest BCUT2D eigenvalue weighted by Crippen LogP contribution is 2.39. The number of nitrogens with one attached hydrogen (secondary N) is 2. The number of allylic oxidation sites excluding steroid dienone is 1. The molecule has 0 saturated carbocycles. The first kappa shape index (κ1) is 29.1. The van der Waals surface area contributed by atoms with Gasteiger partial charge in [-0.05, 0) is 59.7 Å². The van der Waals surface area contributed by atoms with Gasteiger partial charge in [-0.25, -0.2) is 23.7 Å². The molecule has 1 aliphatic rings. The summed E-state index contributed by atoms with van der Waals surface area (Å²) in [6.45, 7) is 6.07. The number of aromatic amines is 1. The molecular formula is C36H37F2N7. The van der Waals surface area contributed by atoms with E-state index in [1.54, 1.807) is 0 Å². The molecule has 0 bridgehead atoms. The number of benzene rings is 3. The smallest absolute Gasteiger partial charge is 0.250 e. The molecule has 3 aromatic heterocycles. The molecule has 1 atom stereocenters. The number of imidazole rings is 2. The lowest BCUT2D eigenvalue weighted by atomic mass is 9.93. The number of hydrogen-bond acceptors (Lipinski definition) is 5. The van der Waals surface area contributed by atoms with E-state index < -0.39 is 6.43 Å². The number of H-pyrrole nitrogens is 1. The average Bonchev–Trinajstić information content (AvgIpc) is 3.64. The summed E-state index contributed by atoms with van der Waals surface area (Å²) in [5, 5.41) is 5.21. The van der Waals surface area contributed by atoms with E-state index in [0.29, 0.717) is 18.7 Å². The molecule has 0 spiro atoms. The quantitative estimate of drug-likeness (QED) is 0.164. The van der Waals surface area contributed by atoms with Gasteiger partial charge in [-0.15, -0.1) is 0 Å². The van der Waals surface area contributed by atoms with Crippen molar-refractivity contribution in [2.75, 3.05) is 12.3 Å². The fraction of sp³-hybridized carbons (Fsp3) is 0.306. The number of nitrogens with two attached hydrogens (primary N) is 1. The summed E-state index contributed by atoms with van der Waals surface area (Å²) >= 11 is 0. The monoisotopic (exact) mass is 605 g/mol. The Morgan fingerprint density at radius 1 is 1.04 bits per heavy atom. The maximum absolute atomic E-state index is 12.8. The van der Waals surface area contributed by atoms with E-state index in [9.17, 15) is 8.78 Å². The molecule has 1 unspecified atom stereocenters. The standard InChI is InChI=1S/C36H37F2N7/c1-20(2)36-44-33(34-35(39)41-18-29(45(34)36)22-11-14-24(15-12-22)40-19-30(37)38)27-16-13-23(25-8-4-5-9-26(25)27)17-31-42-28-10-6-7-21(3)32(28)43-31/h4-11,13,16,18,20,24,30,40H,12,14-15,17,19H2,1-3H3,(H2,39,41)(H,42,43). The molecule has 0 saturated heterocycles. The molecule has 1 aliphatic carbocycles. The number of fused-ring (bicyclic) bond motifs is 3. The van der Waals surface area contributed by atoms with Gasteiger partial charge in [-0.2, -0.15) is 0 Å². The van der Waals surface area contributed by atoms with Crippen molar-refractivity contribution in [1.82, 2.24) is 29.7 Å². The van der Waals surface area contributed by atoms with E-state index in [1.165, 1.54) is 5.56 Å². The summed E-state index contributed by atoms with van der Waals surface area (Å²) in [6.07, 6.45) is 4.51. The van der Waals surface area contributed by atoms with E-state index in [1.807, 2.05) is 12.3 Å². The van der Waals surface area contributed by atoms with Crippen LogP contribution in [0.4, 0.5) is 14.6 Å². The molecule has 0 radical (unpaired) electrons. The van der Waals surface area contributed by atoms with Crippen LogP contribution < -0.4 is 11.1 Å². The number of alkyl halides is 2. The Morgan fingerprint density at radius 3 is 2.60 bits per heavy atom. The topological polar surface area (TPSA) is 96.9 Å². The highest BCUT2D eigenvalue weighted by Gasteiger charge is 2.25. The molecule has 3 aromatic carbocycles. The summed E-state index contributed by atoms with van der Waals surface area (Å²) in [7, 11) is 0. The van der Waals surface area contributed by atoms with Crippen LogP contribution in [0, 0.1) is 6.92 Å². The summed E-state index contributed by atoms with van der Waals surface area (Å²) in [6, 6.07) is 19.0. The Morgan fingerprint density at radius 2 is 1.87 bits per heavy atom. The third-order valence-corrected chi connectivity index (χ3v) is 8.92. The molecule has 3 heterocycles. The third-order valence-electron chi connectivity index (χ3n) is 8.92. The molecule has 7 nitrogen and oxygen atoms in total. The molecule has 0 aliphatic heterocycles. The van der Waals surface area contributed by atoms with Crippen LogP contribution in [-0.2, 0) is 6.42 Å². The van der Waals surface area contributed by atoms with Gasteiger partial charge in [-0.3, -0.25) is 4.40 Å². The highest BCUT2D eigenvalue weighted by molar-refractivity contribution is 6.02. The zero-order valence-corrected chi connectivity index (χ0v) is 25.7. The number of halogens is 2. The first-order valence-corrected chi connectivity index (χ1v) is 15.6. The Kier molecular flexibility index (Phi) is 7.57. The van der Waals surface area contributed by atoms with E-state index in [-0.39, 0.29) is 18.5 Å². The van der Waals surface area contributed by atoms with Gasteiger partial charge in [-0.1, -0.05) is 68.5 Å². The van der Waals surface area contributed by atoms with Crippen molar-refractivity contribution in [1.29, 1.82) is 0 Å². The number of aryl methyl sites for hydroxylation is 1. The van der Waals surface area contributed by atoms with Crippen LogP contribution in [0.1, 0.15) is 67.5 Å². The van der Waals surface area contributed by atoms with Crippen LogP contribution >= 0.6 is 0 Å². The van der Waals surface area contributed by atoms with Gasteiger partial charge in [0.15, 0.2) is 0 Å². The minimum atomic E-state index is -2.35. The fourth-order valence-corrected chi connectivity index (χ4v) is 6.69. The van der Waals surface area contributed by atoms with Crippen LogP contribution in [0.5, 0.6) is 0 Å². The second kappa shape index (κ2) is 11.7. The minimum absolute atomic E-state index is 0.0383. The number of rotatable bonds is 8. The van der Waals surface area contributed by atoms with Crippen molar-refractivity contribution in [3.8, 4) is 11.3 Å². The number of para-hydroxylation sites is 1. The molecule has 4 N–H and O–H groups in total. The van der Waals surface area contributed by atoms with Crippen molar-refractivity contribution in [3.63, 3.8) is 0 Å². The summed E-state index contributed by atoms with van der Waals surface area (Å²) in [5.41, 5.74) is 15.7. The number of hydrogen-bond donors (Lipinski definition) is 3. The molecule has 9 heteroatoms. The van der Waals surface area contributed by atoms with E-state index >= 15 is 0 Å². The SMILES string of the molecule is Cc1cccc2[nH]c(Cc3ccc(-c4nc(C(C)C)n5c(C6=CCC(NCC(F)F)CC6)cnc(N)c45)c4ccccc34)nc12. The van der Waals surface area contributed by atoms with Gasteiger partial charge in [0.1, 0.15) is 28.7 Å². The number of nitrogens with zero attached hydrogens (tertiary/aromatic N) is 4. The molecule has 7 rings (SSSR count). The number of nitrogen functional groups attached to an aromatic ring is 1. The van der Waals surface area contributed by atoms with Crippen molar-refractivity contribution in [3.05, 3.63) is 95.3 Å². The van der Waals surface area contributed by atoms with E-state index in [2.05, 4.69) is 95.1 Å². The Balaban J connectivity index is 1.32. The lowest BCUT2D eigenvalue weighted by molar-refractivity contribution is 0.140. The second-order valence-electron chi connectivity index (χ2n) is 12.3. The van der Waals surface area contributed by atoms with Gasteiger partial charge in [0.25, 0.3) is 6.43 Å². The predicted octanol–water partition coefficient (Wildman–Crippen LogP) is 7.82. The fourth-order valence-electron chi connectivity index (χ4n) is 6.69. The van der Waals surface area contributed by atoms with E-state index in [4.69, 9.17) is 15.7 Å². The van der Waals surface area contributed by atoms with Crippen LogP contribution in [0.3, 0.4) is 0 Å². The Bertz CT molecular complexity index is 2070. The summed E-state index contributed by atoms with van der Waals surface area (Å²) < 4.78 is 27.7. The first-order valence-electron chi connectivity index (χ1n) is 15.6. The summed E-state index contributed by atoms with van der Waals surface area (Å²) in [4.78, 5) is 18.3. The zero-order chi connectivity index (χ0) is 31.2. The van der Waals surface area contributed by atoms with E-state index in [0.717, 1.165) is 79.9 Å². The van der Waals surface area contributed by atoms with Gasteiger partial charge in [0, 0.05) is 23.9 Å². The molecule has 0 amide bonds. The van der Waals surface area contributed by atoms with Gasteiger partial charge < -0.3 is 16.0 Å². The molecule has 45 heavy (non-hydrogen) atoms. The number of aromatic nitrogens is 5. The van der Waals surface area contributed by atoms with Crippen molar-refractivity contribution in [2.45, 2.75) is 64.8 Å². The maximum atomic E-state index is 12.8. The van der Waals surface area contributed by atoms with Crippen LogP contribution in [-0.4, -0.2) is 43.3 Å². The second-order valence-corrected chi connectivity index (χ2v) is 12.3. The van der Waals surface area contributed by atoms with Gasteiger partial charge in [0.2, 0.25) is 0 Å². The third kappa shape index (κ3) is 5.35. The van der Waals surface area contributed by atoms with Gasteiger partial charge in [0.05, 0.1) is 29.5 Å². The lowest BCUT2D eigenvalue weighted by Gasteiger charge is -2.24. The molecule has 230 valence electrons. The molecular weight excluding hydrogens is 568 g/mol. The van der Waals surface area contributed by atoms with Crippen LogP contribution in [0.15, 0.2) is 66.9 Å². The highest BCUT2D eigenvalue weighted by atomic mass is 19.3. The first-order chi connectivity index (χ1) is 21.8. The van der Waals surface area contributed by atoms with Gasteiger partial charge >= 0.3 is 0 Å². The largest absolute Gasteiger partial charge is 0.382 e.